The van der Waals surface area contributed by atoms with Gasteiger partial charge in [-0.3, -0.25) is 9.59 Å². The summed E-state index contributed by atoms with van der Waals surface area (Å²) in [6.07, 6.45) is 1.46. The third-order valence-electron chi connectivity index (χ3n) is 4.11. The molecule has 0 bridgehead atoms. The van der Waals surface area contributed by atoms with Gasteiger partial charge < -0.3 is 14.6 Å². The number of nitrogens with one attached hydrogen (secondary N) is 1. The normalized spacial score (nSPS) is 12.2. The summed E-state index contributed by atoms with van der Waals surface area (Å²) in [7, 11) is -2.93. The molecule has 0 unspecified atom stereocenters. The number of carbonyl (C=O) groups excluding carboxylic acids is 2. The molecule has 0 heterocycles. The van der Waals surface area contributed by atoms with Crippen LogP contribution in [-0.4, -0.2) is 43.2 Å². The van der Waals surface area contributed by atoms with Gasteiger partial charge in [0.1, 0.15) is 0 Å². The predicted octanol–water partition coefficient (Wildman–Crippen LogP) is -0.538. The third kappa shape index (κ3) is 13.1. The molecule has 26 heavy (non-hydrogen) atoms. The molecule has 150 valence electrons. The van der Waals surface area contributed by atoms with Crippen LogP contribution in [0.15, 0.2) is 0 Å². The average Bonchev–Trinajstić information content (AvgIpc) is 2.43. The van der Waals surface area contributed by atoms with E-state index in [4.69, 9.17) is 0 Å². The first kappa shape index (κ1) is 30.6. The molecule has 0 aliphatic heterocycles. The van der Waals surface area contributed by atoms with Crippen molar-refractivity contribution < 1.29 is 56.9 Å². The molecule has 0 radical (unpaired) electrons. The molecule has 0 atom stereocenters. The van der Waals surface area contributed by atoms with E-state index in [2.05, 4.69) is 10.1 Å². The number of esters is 1. The number of hydrogen-bond acceptors (Lipinski definition) is 6. The van der Waals surface area contributed by atoms with Gasteiger partial charge in [-0.15, -0.1) is 0 Å². The zero-order chi connectivity index (χ0) is 20.7. The van der Waals surface area contributed by atoms with E-state index in [0.717, 1.165) is 6.42 Å². The monoisotopic (exact) mass is 403 g/mol. The number of methoxy groups -OCH3 is 1. The molecule has 0 aromatic heterocycles. The molecule has 9 heteroatoms. The molecular formula is C17H34NNaO6S. The van der Waals surface area contributed by atoms with Gasteiger partial charge in [-0.05, 0) is 40.5 Å². The van der Waals surface area contributed by atoms with Gasteiger partial charge in [0.05, 0.1) is 28.4 Å². The predicted molar refractivity (Wildman–Crippen MR) is 96.9 cm³/mol. The van der Waals surface area contributed by atoms with Crippen LogP contribution in [0.4, 0.5) is 0 Å². The molecule has 0 aliphatic rings. The number of carbonyl (C=O) groups is 2. The van der Waals surface area contributed by atoms with Crippen LogP contribution in [0.3, 0.4) is 0 Å². The van der Waals surface area contributed by atoms with Crippen molar-refractivity contribution in [3.8, 4) is 0 Å². The van der Waals surface area contributed by atoms with Crippen molar-refractivity contribution in [3.63, 3.8) is 0 Å². The summed E-state index contributed by atoms with van der Waals surface area (Å²) in [6.45, 7) is 14.2. The van der Waals surface area contributed by atoms with Gasteiger partial charge in [0, 0.05) is 11.0 Å². The van der Waals surface area contributed by atoms with E-state index in [-0.39, 0.29) is 46.8 Å². The average molecular weight is 404 g/mol. The summed E-state index contributed by atoms with van der Waals surface area (Å²) < 4.78 is 36.5. The summed E-state index contributed by atoms with van der Waals surface area (Å²) in [6, 6.07) is 0. The SMILES string of the molecule is CCC(C)(C)C(=O)NC(C)(C)CS(=O)(=O)[O-].CCC(C)(C)C(=O)OC.[Na+]. The van der Waals surface area contributed by atoms with Crippen LogP contribution in [0.5, 0.6) is 0 Å². The molecule has 0 fully saturated rings. The summed E-state index contributed by atoms with van der Waals surface area (Å²) in [4.78, 5) is 22.6. The number of amides is 1. The van der Waals surface area contributed by atoms with E-state index in [1.165, 1.54) is 21.0 Å². The molecular weight excluding hydrogens is 369 g/mol. The number of ether oxygens (including phenoxy) is 1. The molecule has 1 N–H and O–H groups in total. The Hall–Kier alpha value is -0.150. The zero-order valence-corrected chi connectivity index (χ0v) is 20.8. The molecule has 0 rings (SSSR count). The van der Waals surface area contributed by atoms with Gasteiger partial charge in [-0.25, -0.2) is 8.42 Å². The molecule has 7 nitrogen and oxygen atoms in total. The van der Waals surface area contributed by atoms with Crippen molar-refractivity contribution in [3.05, 3.63) is 0 Å². The molecule has 0 aromatic rings. The second-order valence-corrected chi connectivity index (χ2v) is 9.41. The minimum atomic E-state index is -4.34. The van der Waals surface area contributed by atoms with Gasteiger partial charge >= 0.3 is 35.5 Å². The fourth-order valence-corrected chi connectivity index (χ4v) is 2.49. The van der Waals surface area contributed by atoms with Crippen molar-refractivity contribution in [2.45, 2.75) is 73.8 Å². The van der Waals surface area contributed by atoms with Crippen molar-refractivity contribution in [1.29, 1.82) is 0 Å². The van der Waals surface area contributed by atoms with Gasteiger partial charge in [-0.1, -0.05) is 27.7 Å². The zero-order valence-electron chi connectivity index (χ0n) is 18.0. The first-order valence-electron chi connectivity index (χ1n) is 8.28. The summed E-state index contributed by atoms with van der Waals surface area (Å²) in [5.41, 5.74) is -1.91. The molecule has 0 spiro atoms. The Morgan fingerprint density at radius 2 is 1.35 bits per heavy atom. The first-order valence-corrected chi connectivity index (χ1v) is 9.86. The van der Waals surface area contributed by atoms with Crippen molar-refractivity contribution in [2.24, 2.45) is 10.8 Å². The topological polar surface area (TPSA) is 113 Å². The molecule has 0 aliphatic carbocycles. The Kier molecular flexibility index (Phi) is 13.7. The van der Waals surface area contributed by atoms with E-state index >= 15 is 0 Å². The Labute approximate surface area is 181 Å². The maximum atomic E-state index is 11.8. The van der Waals surface area contributed by atoms with E-state index < -0.39 is 26.8 Å². The van der Waals surface area contributed by atoms with Crippen molar-refractivity contribution >= 4 is 22.0 Å². The van der Waals surface area contributed by atoms with Crippen LogP contribution < -0.4 is 34.9 Å². The number of rotatable bonds is 7. The minimum Gasteiger partial charge on any atom is -0.748 e. The molecule has 1 amide bonds. The Balaban J connectivity index is -0.000000453. The molecule has 0 saturated carbocycles. The van der Waals surface area contributed by atoms with Crippen molar-refractivity contribution in [1.82, 2.24) is 5.32 Å². The van der Waals surface area contributed by atoms with Crippen LogP contribution in [0.2, 0.25) is 0 Å². The molecule has 0 aromatic carbocycles. The Morgan fingerprint density at radius 3 is 1.58 bits per heavy atom. The smallest absolute Gasteiger partial charge is 0.748 e. The summed E-state index contributed by atoms with van der Waals surface area (Å²) in [5, 5.41) is 2.59. The van der Waals surface area contributed by atoms with E-state index in [9.17, 15) is 22.6 Å². The van der Waals surface area contributed by atoms with Gasteiger partial charge in [-0.2, -0.15) is 0 Å². The Morgan fingerprint density at radius 1 is 0.962 bits per heavy atom. The third-order valence-corrected chi connectivity index (χ3v) is 5.19. The standard InChI is InChI=1S/C10H21NO4S.C7H14O2.Na/c1-6-9(2,3)8(12)11-10(4,5)7-16(13,14)15;1-5-7(2,3)6(8)9-4;/h6-7H2,1-5H3,(H,11,12)(H,13,14,15);5H2,1-4H3;/q;;+1/p-1. The number of hydrogen-bond donors (Lipinski definition) is 1. The maximum Gasteiger partial charge on any atom is 1.00 e. The van der Waals surface area contributed by atoms with Crippen LogP contribution in [0.25, 0.3) is 0 Å². The van der Waals surface area contributed by atoms with Crippen LogP contribution >= 0.6 is 0 Å². The minimum absolute atomic E-state index is 0. The van der Waals surface area contributed by atoms with Crippen molar-refractivity contribution in [2.75, 3.05) is 12.9 Å². The quantitative estimate of drug-likeness (QED) is 0.347. The van der Waals surface area contributed by atoms with Crippen LogP contribution in [0, 0.1) is 10.8 Å². The van der Waals surface area contributed by atoms with E-state index in [1.807, 2.05) is 27.7 Å². The van der Waals surface area contributed by atoms with Gasteiger partial charge in [0.2, 0.25) is 5.91 Å². The summed E-state index contributed by atoms with van der Waals surface area (Å²) in [5.74, 6) is -0.987. The Bertz CT molecular complexity index is 556. The fraction of sp³-hybridized carbons (Fsp3) is 0.882. The van der Waals surface area contributed by atoms with E-state index in [1.54, 1.807) is 13.8 Å². The van der Waals surface area contributed by atoms with Gasteiger partial charge in [0.25, 0.3) is 0 Å². The second kappa shape index (κ2) is 11.6. The fourth-order valence-electron chi connectivity index (χ4n) is 1.54. The van der Waals surface area contributed by atoms with Gasteiger partial charge in [0.15, 0.2) is 0 Å². The summed E-state index contributed by atoms with van der Waals surface area (Å²) >= 11 is 0. The second-order valence-electron chi connectivity index (χ2n) is 8.01. The maximum absolute atomic E-state index is 11.8. The van der Waals surface area contributed by atoms with Crippen LogP contribution in [0.1, 0.15) is 68.2 Å². The largest absolute Gasteiger partial charge is 1.00 e. The van der Waals surface area contributed by atoms with Crippen LogP contribution in [-0.2, 0) is 24.4 Å². The molecule has 0 saturated heterocycles. The van der Waals surface area contributed by atoms with E-state index in [0.29, 0.717) is 6.42 Å². The first-order chi connectivity index (χ1) is 10.9.